The van der Waals surface area contributed by atoms with Crippen molar-refractivity contribution in [2.24, 2.45) is 0 Å². The highest BCUT2D eigenvalue weighted by atomic mass is 16.6. The Morgan fingerprint density at radius 1 is 1.58 bits per heavy atom. The largest absolute Gasteiger partial charge is 0.393 e. The SMILES string of the molecule is CCOCC(C)NC(=O)c1ccc([N+](=O)[O-])c(N)c1. The fourth-order valence-electron chi connectivity index (χ4n) is 1.51. The molecule has 1 unspecified atom stereocenters. The number of hydrogen-bond acceptors (Lipinski definition) is 5. The quantitative estimate of drug-likeness (QED) is 0.459. The molecule has 0 spiro atoms. The Balaban J connectivity index is 2.72. The fourth-order valence-corrected chi connectivity index (χ4v) is 1.51. The van der Waals surface area contributed by atoms with Gasteiger partial charge in [0.15, 0.2) is 0 Å². The monoisotopic (exact) mass is 267 g/mol. The zero-order chi connectivity index (χ0) is 14.4. The van der Waals surface area contributed by atoms with Gasteiger partial charge < -0.3 is 15.8 Å². The van der Waals surface area contributed by atoms with Gasteiger partial charge in [-0.15, -0.1) is 0 Å². The van der Waals surface area contributed by atoms with Gasteiger partial charge in [0.05, 0.1) is 11.5 Å². The molecule has 1 rings (SSSR count). The van der Waals surface area contributed by atoms with Crippen LogP contribution in [0.15, 0.2) is 18.2 Å². The van der Waals surface area contributed by atoms with E-state index in [9.17, 15) is 14.9 Å². The molecule has 0 aromatic heterocycles. The van der Waals surface area contributed by atoms with Crippen LogP contribution in [0, 0.1) is 10.1 Å². The van der Waals surface area contributed by atoms with Crippen molar-refractivity contribution in [3.05, 3.63) is 33.9 Å². The molecule has 0 saturated heterocycles. The van der Waals surface area contributed by atoms with Crippen LogP contribution in [0.3, 0.4) is 0 Å². The lowest BCUT2D eigenvalue weighted by atomic mass is 10.1. The predicted molar refractivity (Wildman–Crippen MR) is 70.9 cm³/mol. The molecule has 1 atom stereocenters. The van der Waals surface area contributed by atoms with Crippen molar-refractivity contribution in [1.82, 2.24) is 5.32 Å². The van der Waals surface area contributed by atoms with Crippen molar-refractivity contribution < 1.29 is 14.5 Å². The average molecular weight is 267 g/mol. The number of nitro benzene ring substituents is 1. The van der Waals surface area contributed by atoms with Crippen LogP contribution in [-0.4, -0.2) is 30.1 Å². The molecular weight excluding hydrogens is 250 g/mol. The zero-order valence-corrected chi connectivity index (χ0v) is 10.9. The number of benzene rings is 1. The third-order valence-corrected chi connectivity index (χ3v) is 2.44. The minimum absolute atomic E-state index is 0.0323. The van der Waals surface area contributed by atoms with Gasteiger partial charge in [0.1, 0.15) is 5.69 Å². The Hall–Kier alpha value is -2.15. The molecule has 19 heavy (non-hydrogen) atoms. The molecule has 0 aliphatic rings. The maximum Gasteiger partial charge on any atom is 0.292 e. The second-order valence-corrected chi connectivity index (χ2v) is 4.06. The van der Waals surface area contributed by atoms with Gasteiger partial charge in [-0.25, -0.2) is 0 Å². The highest BCUT2D eigenvalue weighted by Crippen LogP contribution is 2.21. The van der Waals surface area contributed by atoms with Crippen LogP contribution in [0.5, 0.6) is 0 Å². The van der Waals surface area contributed by atoms with Gasteiger partial charge in [-0.1, -0.05) is 0 Å². The van der Waals surface area contributed by atoms with E-state index < -0.39 is 4.92 Å². The Labute approximate surface area is 110 Å². The van der Waals surface area contributed by atoms with Crippen LogP contribution in [0.2, 0.25) is 0 Å². The van der Waals surface area contributed by atoms with Crippen molar-refractivity contribution in [3.8, 4) is 0 Å². The van der Waals surface area contributed by atoms with Crippen LogP contribution >= 0.6 is 0 Å². The molecule has 7 heteroatoms. The summed E-state index contributed by atoms with van der Waals surface area (Å²) in [6.45, 7) is 4.66. The number of nitrogen functional groups attached to an aromatic ring is 1. The van der Waals surface area contributed by atoms with E-state index in [2.05, 4.69) is 5.32 Å². The number of anilines is 1. The van der Waals surface area contributed by atoms with E-state index in [1.165, 1.54) is 18.2 Å². The molecule has 0 aliphatic carbocycles. The fraction of sp³-hybridized carbons (Fsp3) is 0.417. The molecule has 0 bridgehead atoms. The standard InChI is InChI=1S/C12H17N3O4/c1-3-19-7-8(2)14-12(16)9-4-5-11(15(17)18)10(13)6-9/h4-6,8H,3,7,13H2,1-2H3,(H,14,16). The molecule has 0 radical (unpaired) electrons. The summed E-state index contributed by atoms with van der Waals surface area (Å²) < 4.78 is 5.18. The molecule has 104 valence electrons. The molecule has 0 heterocycles. The predicted octanol–water partition coefficient (Wildman–Crippen LogP) is 1.33. The number of ether oxygens (including phenoxy) is 1. The van der Waals surface area contributed by atoms with Gasteiger partial charge in [-0.05, 0) is 26.0 Å². The highest BCUT2D eigenvalue weighted by Gasteiger charge is 2.15. The summed E-state index contributed by atoms with van der Waals surface area (Å²) in [5.74, 6) is -0.339. The van der Waals surface area contributed by atoms with E-state index in [0.717, 1.165) is 0 Å². The molecule has 0 fully saturated rings. The number of nitrogens with one attached hydrogen (secondary N) is 1. The van der Waals surface area contributed by atoms with Crippen molar-refractivity contribution in [2.75, 3.05) is 18.9 Å². The average Bonchev–Trinajstić information content (AvgIpc) is 2.35. The summed E-state index contributed by atoms with van der Waals surface area (Å²) in [6, 6.07) is 3.74. The number of nitro groups is 1. The maximum absolute atomic E-state index is 11.9. The first kappa shape index (κ1) is 14.9. The normalized spacial score (nSPS) is 11.9. The molecule has 1 aromatic carbocycles. The van der Waals surface area contributed by atoms with Gasteiger partial charge >= 0.3 is 0 Å². The van der Waals surface area contributed by atoms with Crippen LogP contribution in [-0.2, 0) is 4.74 Å². The third-order valence-electron chi connectivity index (χ3n) is 2.44. The van der Waals surface area contributed by atoms with Crippen molar-refractivity contribution in [1.29, 1.82) is 0 Å². The van der Waals surface area contributed by atoms with Gasteiger partial charge in [0.2, 0.25) is 0 Å². The lowest BCUT2D eigenvalue weighted by Gasteiger charge is -2.13. The molecule has 3 N–H and O–H groups in total. The minimum Gasteiger partial charge on any atom is -0.393 e. The number of nitrogens with two attached hydrogens (primary N) is 1. The Morgan fingerprint density at radius 2 is 2.26 bits per heavy atom. The third kappa shape index (κ3) is 4.22. The molecular formula is C12H17N3O4. The van der Waals surface area contributed by atoms with E-state index in [1.807, 2.05) is 13.8 Å². The topological polar surface area (TPSA) is 107 Å². The van der Waals surface area contributed by atoms with Gasteiger partial charge in [-0.3, -0.25) is 14.9 Å². The van der Waals surface area contributed by atoms with Crippen molar-refractivity contribution in [3.63, 3.8) is 0 Å². The number of rotatable bonds is 6. The first-order valence-corrected chi connectivity index (χ1v) is 5.88. The first-order valence-electron chi connectivity index (χ1n) is 5.88. The van der Waals surface area contributed by atoms with Crippen LogP contribution in [0.4, 0.5) is 11.4 Å². The van der Waals surface area contributed by atoms with Gasteiger partial charge in [0.25, 0.3) is 11.6 Å². The van der Waals surface area contributed by atoms with E-state index in [4.69, 9.17) is 10.5 Å². The maximum atomic E-state index is 11.9. The lowest BCUT2D eigenvalue weighted by molar-refractivity contribution is -0.383. The number of carbonyl (C=O) groups is 1. The zero-order valence-electron chi connectivity index (χ0n) is 10.9. The van der Waals surface area contributed by atoms with E-state index in [-0.39, 0.29) is 28.9 Å². The smallest absolute Gasteiger partial charge is 0.292 e. The first-order chi connectivity index (χ1) is 8.95. The summed E-state index contributed by atoms with van der Waals surface area (Å²) in [5, 5.41) is 13.3. The molecule has 7 nitrogen and oxygen atoms in total. The number of carbonyl (C=O) groups excluding carboxylic acids is 1. The summed E-state index contributed by atoms with van der Waals surface area (Å²) >= 11 is 0. The Kier molecular flexibility index (Phi) is 5.25. The second kappa shape index (κ2) is 6.69. The molecule has 0 aliphatic heterocycles. The van der Waals surface area contributed by atoms with Gasteiger partial charge in [0, 0.05) is 24.3 Å². The minimum atomic E-state index is -0.589. The van der Waals surface area contributed by atoms with Crippen LogP contribution in [0.25, 0.3) is 0 Å². The number of nitrogens with zero attached hydrogens (tertiary/aromatic N) is 1. The van der Waals surface area contributed by atoms with Crippen LogP contribution in [0.1, 0.15) is 24.2 Å². The summed E-state index contributed by atoms with van der Waals surface area (Å²) in [5.41, 5.74) is 5.57. The van der Waals surface area contributed by atoms with Crippen molar-refractivity contribution >= 4 is 17.3 Å². The molecule has 1 aromatic rings. The number of hydrogen-bond donors (Lipinski definition) is 2. The van der Waals surface area contributed by atoms with Gasteiger partial charge in [-0.2, -0.15) is 0 Å². The highest BCUT2D eigenvalue weighted by molar-refractivity contribution is 5.95. The Morgan fingerprint density at radius 3 is 2.79 bits per heavy atom. The summed E-state index contributed by atoms with van der Waals surface area (Å²) in [4.78, 5) is 21.9. The van der Waals surface area contributed by atoms with E-state index >= 15 is 0 Å². The molecule has 0 saturated carbocycles. The second-order valence-electron chi connectivity index (χ2n) is 4.06. The Bertz CT molecular complexity index is 476. The van der Waals surface area contributed by atoms with Crippen LogP contribution < -0.4 is 11.1 Å². The molecule has 1 amide bonds. The van der Waals surface area contributed by atoms with E-state index in [0.29, 0.717) is 13.2 Å². The number of amides is 1. The summed E-state index contributed by atoms with van der Waals surface area (Å²) in [7, 11) is 0. The summed E-state index contributed by atoms with van der Waals surface area (Å²) in [6.07, 6.45) is 0. The van der Waals surface area contributed by atoms with Crippen molar-refractivity contribution in [2.45, 2.75) is 19.9 Å². The van der Waals surface area contributed by atoms with E-state index in [1.54, 1.807) is 0 Å². The lowest BCUT2D eigenvalue weighted by Crippen LogP contribution is -2.35.